The van der Waals surface area contributed by atoms with Crippen molar-refractivity contribution in [3.63, 3.8) is 0 Å². The van der Waals surface area contributed by atoms with Crippen LogP contribution in [-0.2, 0) is 16.0 Å². The Morgan fingerprint density at radius 1 is 1.27 bits per heavy atom. The number of aromatic nitrogens is 3. The van der Waals surface area contributed by atoms with Crippen molar-refractivity contribution >= 4 is 5.91 Å². The van der Waals surface area contributed by atoms with Crippen molar-refractivity contribution < 1.29 is 14.6 Å². The number of aromatic amines is 1. The number of likely N-dealkylation sites (tertiary alicyclic amines) is 1. The molecule has 2 N–H and O–H groups in total. The molecule has 2 saturated heterocycles. The van der Waals surface area contributed by atoms with Gasteiger partial charge in [0.1, 0.15) is 5.82 Å². The van der Waals surface area contributed by atoms with E-state index in [1.165, 1.54) is 0 Å². The molecule has 2 aliphatic heterocycles. The fourth-order valence-corrected chi connectivity index (χ4v) is 3.85. The van der Waals surface area contributed by atoms with Gasteiger partial charge in [-0.3, -0.25) is 9.89 Å². The molecule has 2 aromatic rings. The summed E-state index contributed by atoms with van der Waals surface area (Å²) in [6.45, 7) is 1.83. The van der Waals surface area contributed by atoms with E-state index in [4.69, 9.17) is 4.74 Å². The van der Waals surface area contributed by atoms with Crippen LogP contribution < -0.4 is 0 Å². The normalized spacial score (nSPS) is 24.1. The molecule has 26 heavy (non-hydrogen) atoms. The third-order valence-electron chi connectivity index (χ3n) is 5.24. The monoisotopic (exact) mass is 356 g/mol. The maximum Gasteiger partial charge on any atom is 0.230 e. The highest BCUT2D eigenvalue weighted by atomic mass is 16.5. The standard InChI is InChI=1S/C19H24N4O3/c24-15-10-16(13-4-2-1-3-5-13)23(12-15)18(25)11-17-20-19(22-21-17)14-6-8-26-9-7-14/h1-5,14-16,24H,6-12H2,(H,20,21,22). The molecule has 0 aliphatic carbocycles. The van der Waals surface area contributed by atoms with E-state index in [9.17, 15) is 9.90 Å². The fourth-order valence-electron chi connectivity index (χ4n) is 3.85. The second-order valence-electron chi connectivity index (χ2n) is 7.07. The molecule has 0 spiro atoms. The van der Waals surface area contributed by atoms with E-state index in [-0.39, 0.29) is 18.4 Å². The van der Waals surface area contributed by atoms with Gasteiger partial charge in [-0.1, -0.05) is 30.3 Å². The van der Waals surface area contributed by atoms with Crippen LogP contribution in [0.3, 0.4) is 0 Å². The van der Waals surface area contributed by atoms with Crippen molar-refractivity contribution in [2.45, 2.75) is 43.7 Å². The molecule has 1 amide bonds. The second kappa shape index (κ2) is 7.55. The molecule has 138 valence electrons. The number of carbonyl (C=O) groups is 1. The summed E-state index contributed by atoms with van der Waals surface area (Å²) in [5.74, 6) is 1.63. The van der Waals surface area contributed by atoms with Gasteiger partial charge >= 0.3 is 0 Å². The molecule has 0 radical (unpaired) electrons. The second-order valence-corrected chi connectivity index (χ2v) is 7.07. The number of aliphatic hydroxyl groups excluding tert-OH is 1. The zero-order valence-corrected chi connectivity index (χ0v) is 14.7. The van der Waals surface area contributed by atoms with Crippen molar-refractivity contribution in [1.29, 1.82) is 0 Å². The number of β-amino-alcohol motifs (C(OH)–C–C–N with tert-alkyl or cyclic N) is 1. The number of hydrogen-bond acceptors (Lipinski definition) is 5. The highest BCUT2D eigenvalue weighted by Crippen LogP contribution is 2.32. The average Bonchev–Trinajstić information content (AvgIpc) is 3.30. The molecule has 0 saturated carbocycles. The van der Waals surface area contributed by atoms with Crippen molar-refractivity contribution in [2.75, 3.05) is 19.8 Å². The molecule has 1 aromatic carbocycles. The first-order valence-electron chi connectivity index (χ1n) is 9.22. The average molecular weight is 356 g/mol. The number of rotatable bonds is 4. The van der Waals surface area contributed by atoms with E-state index in [1.54, 1.807) is 4.90 Å². The molecule has 2 fully saturated rings. The summed E-state index contributed by atoms with van der Waals surface area (Å²) in [6.07, 6.45) is 2.09. The number of benzene rings is 1. The number of ether oxygens (including phenoxy) is 1. The highest BCUT2D eigenvalue weighted by Gasteiger charge is 2.35. The molecular formula is C19H24N4O3. The third kappa shape index (κ3) is 3.64. The van der Waals surface area contributed by atoms with Gasteiger partial charge in [-0.05, 0) is 24.8 Å². The number of amides is 1. The predicted octanol–water partition coefficient (Wildman–Crippen LogP) is 1.58. The van der Waals surface area contributed by atoms with Crippen LogP contribution >= 0.6 is 0 Å². The molecule has 0 bridgehead atoms. The molecule has 4 rings (SSSR count). The Labute approximate surface area is 152 Å². The SMILES string of the molecule is O=C(Cc1nc(C2CCOCC2)n[nH]1)N1CC(O)CC1c1ccccc1. The van der Waals surface area contributed by atoms with Crippen LogP contribution in [-0.4, -0.2) is 57.0 Å². The number of hydrogen-bond donors (Lipinski definition) is 2. The van der Waals surface area contributed by atoms with E-state index in [0.29, 0.717) is 24.7 Å². The van der Waals surface area contributed by atoms with Gasteiger partial charge in [-0.15, -0.1) is 0 Å². The summed E-state index contributed by atoms with van der Waals surface area (Å²) in [5, 5.41) is 17.3. The zero-order valence-electron chi connectivity index (χ0n) is 14.7. The van der Waals surface area contributed by atoms with Gasteiger partial charge in [0.05, 0.1) is 18.6 Å². The van der Waals surface area contributed by atoms with Crippen LogP contribution in [0.15, 0.2) is 30.3 Å². The Bertz CT molecular complexity index is 742. The highest BCUT2D eigenvalue weighted by molar-refractivity contribution is 5.79. The van der Waals surface area contributed by atoms with Crippen LogP contribution in [0.2, 0.25) is 0 Å². The van der Waals surface area contributed by atoms with Crippen molar-refractivity contribution in [3.8, 4) is 0 Å². The van der Waals surface area contributed by atoms with Gasteiger partial charge in [-0.2, -0.15) is 5.10 Å². The van der Waals surface area contributed by atoms with Crippen molar-refractivity contribution in [3.05, 3.63) is 47.5 Å². The largest absolute Gasteiger partial charge is 0.391 e. The molecule has 1 aromatic heterocycles. The van der Waals surface area contributed by atoms with E-state index in [1.807, 2.05) is 30.3 Å². The van der Waals surface area contributed by atoms with Gasteiger partial charge in [-0.25, -0.2) is 4.98 Å². The molecule has 2 unspecified atom stereocenters. The van der Waals surface area contributed by atoms with Gasteiger partial charge in [0.2, 0.25) is 5.91 Å². The molecule has 7 heteroatoms. The van der Waals surface area contributed by atoms with Crippen LogP contribution in [0.5, 0.6) is 0 Å². The summed E-state index contributed by atoms with van der Waals surface area (Å²) >= 11 is 0. The summed E-state index contributed by atoms with van der Waals surface area (Å²) in [7, 11) is 0. The first-order chi connectivity index (χ1) is 12.7. The number of nitrogens with one attached hydrogen (secondary N) is 1. The smallest absolute Gasteiger partial charge is 0.230 e. The van der Waals surface area contributed by atoms with E-state index >= 15 is 0 Å². The topological polar surface area (TPSA) is 91.3 Å². The maximum absolute atomic E-state index is 12.8. The van der Waals surface area contributed by atoms with Crippen molar-refractivity contribution in [1.82, 2.24) is 20.1 Å². The minimum atomic E-state index is -0.489. The van der Waals surface area contributed by atoms with Gasteiger partial charge in [0.15, 0.2) is 5.82 Å². The first kappa shape index (κ1) is 17.2. The van der Waals surface area contributed by atoms with E-state index in [0.717, 1.165) is 37.4 Å². The Kier molecular flexibility index (Phi) is 4.99. The summed E-state index contributed by atoms with van der Waals surface area (Å²) < 4.78 is 5.37. The Morgan fingerprint density at radius 2 is 2.04 bits per heavy atom. The van der Waals surface area contributed by atoms with Crippen molar-refractivity contribution in [2.24, 2.45) is 0 Å². The summed E-state index contributed by atoms with van der Waals surface area (Å²) in [6, 6.07) is 9.78. The maximum atomic E-state index is 12.8. The van der Waals surface area contributed by atoms with E-state index < -0.39 is 6.10 Å². The lowest BCUT2D eigenvalue weighted by Gasteiger charge is -2.24. The molecule has 7 nitrogen and oxygen atoms in total. The van der Waals surface area contributed by atoms with E-state index in [2.05, 4.69) is 15.2 Å². The lowest BCUT2D eigenvalue weighted by Crippen LogP contribution is -2.33. The lowest BCUT2D eigenvalue weighted by molar-refractivity contribution is -0.131. The van der Waals surface area contributed by atoms with Crippen LogP contribution in [0.4, 0.5) is 0 Å². The van der Waals surface area contributed by atoms with Crippen LogP contribution in [0.1, 0.15) is 48.4 Å². The van der Waals surface area contributed by atoms with Gasteiger partial charge in [0.25, 0.3) is 0 Å². The Morgan fingerprint density at radius 3 is 2.81 bits per heavy atom. The third-order valence-corrected chi connectivity index (χ3v) is 5.24. The summed E-state index contributed by atoms with van der Waals surface area (Å²) in [5.41, 5.74) is 1.05. The number of aliphatic hydroxyl groups is 1. The molecule has 2 aliphatic rings. The minimum absolute atomic E-state index is 0.0370. The molecular weight excluding hydrogens is 332 g/mol. The quantitative estimate of drug-likeness (QED) is 0.868. The number of nitrogens with zero attached hydrogens (tertiary/aromatic N) is 3. The molecule has 2 atom stereocenters. The first-order valence-corrected chi connectivity index (χ1v) is 9.22. The predicted molar refractivity (Wildman–Crippen MR) is 94.4 cm³/mol. The molecule has 3 heterocycles. The lowest BCUT2D eigenvalue weighted by atomic mass is 10.00. The summed E-state index contributed by atoms with van der Waals surface area (Å²) in [4.78, 5) is 19.1. The van der Waals surface area contributed by atoms with Crippen LogP contribution in [0.25, 0.3) is 0 Å². The number of carbonyl (C=O) groups excluding carboxylic acids is 1. The Hall–Kier alpha value is -2.25. The fraction of sp³-hybridized carbons (Fsp3) is 0.526. The van der Waals surface area contributed by atoms with Gasteiger partial charge < -0.3 is 14.7 Å². The zero-order chi connectivity index (χ0) is 17.9. The van der Waals surface area contributed by atoms with Crippen LogP contribution in [0, 0.1) is 0 Å². The Balaban J connectivity index is 1.44. The minimum Gasteiger partial charge on any atom is -0.391 e. The number of H-pyrrole nitrogens is 1. The van der Waals surface area contributed by atoms with Gasteiger partial charge in [0, 0.05) is 25.7 Å².